The molecule has 1 aliphatic heterocycles. The van der Waals surface area contributed by atoms with E-state index in [1.54, 1.807) is 4.90 Å². The molecule has 1 fully saturated rings. The van der Waals surface area contributed by atoms with Gasteiger partial charge in [-0.3, -0.25) is 5.32 Å². The quantitative estimate of drug-likeness (QED) is 0.768. The molecule has 2 rings (SSSR count). The van der Waals surface area contributed by atoms with Crippen molar-refractivity contribution in [1.29, 1.82) is 0 Å². The SMILES string of the molecule is CC1CCN(C(=O)Nc2ncco2)CC1. The number of nitrogens with zero attached hydrogens (tertiary/aromatic N) is 2. The Kier molecular flexibility index (Phi) is 2.89. The molecule has 5 nitrogen and oxygen atoms in total. The van der Waals surface area contributed by atoms with Crippen LogP contribution in [0, 0.1) is 5.92 Å². The van der Waals surface area contributed by atoms with Crippen LogP contribution in [0.1, 0.15) is 19.8 Å². The second-order valence-electron chi connectivity index (χ2n) is 3.94. The fraction of sp³-hybridized carbons (Fsp3) is 0.600. The summed E-state index contributed by atoms with van der Waals surface area (Å²) in [5.41, 5.74) is 0. The second kappa shape index (κ2) is 4.33. The molecule has 0 unspecified atom stereocenters. The zero-order valence-electron chi connectivity index (χ0n) is 8.77. The minimum Gasteiger partial charge on any atom is -0.432 e. The summed E-state index contributed by atoms with van der Waals surface area (Å²) in [6, 6.07) is 0.142. The summed E-state index contributed by atoms with van der Waals surface area (Å²) in [6.07, 6.45) is 5.08. The Hall–Kier alpha value is -1.52. The first kappa shape index (κ1) is 10.0. The topological polar surface area (TPSA) is 58.4 Å². The maximum Gasteiger partial charge on any atom is 0.325 e. The van der Waals surface area contributed by atoms with Crippen molar-refractivity contribution >= 4 is 12.0 Å². The maximum absolute atomic E-state index is 11.7. The van der Waals surface area contributed by atoms with Crippen molar-refractivity contribution in [3.63, 3.8) is 0 Å². The fourth-order valence-corrected chi connectivity index (χ4v) is 1.67. The van der Waals surface area contributed by atoms with Crippen LogP contribution >= 0.6 is 0 Å². The Bertz CT molecular complexity index is 315. The van der Waals surface area contributed by atoms with Gasteiger partial charge in [0.25, 0.3) is 0 Å². The number of hydrogen-bond acceptors (Lipinski definition) is 3. The van der Waals surface area contributed by atoms with Crippen LogP contribution in [0.4, 0.5) is 10.8 Å². The summed E-state index contributed by atoms with van der Waals surface area (Å²) >= 11 is 0. The van der Waals surface area contributed by atoms with E-state index in [0.717, 1.165) is 31.8 Å². The van der Waals surface area contributed by atoms with Crippen molar-refractivity contribution in [1.82, 2.24) is 9.88 Å². The standard InChI is InChI=1S/C10H15N3O2/c1-8-2-5-13(6-3-8)10(14)12-9-11-4-7-15-9/h4,7-8H,2-3,5-6H2,1H3,(H,11,12,14). The molecule has 1 aromatic heterocycles. The number of oxazole rings is 1. The number of carbonyl (C=O) groups excluding carboxylic acids is 1. The number of carbonyl (C=O) groups is 1. The zero-order chi connectivity index (χ0) is 10.7. The van der Waals surface area contributed by atoms with Gasteiger partial charge < -0.3 is 9.32 Å². The average Bonchev–Trinajstić information content (AvgIpc) is 2.71. The first-order chi connectivity index (χ1) is 7.25. The molecule has 0 bridgehead atoms. The molecule has 0 aliphatic carbocycles. The number of aromatic nitrogens is 1. The van der Waals surface area contributed by atoms with E-state index >= 15 is 0 Å². The molecular formula is C10H15N3O2. The van der Waals surface area contributed by atoms with Crippen LogP contribution in [0.5, 0.6) is 0 Å². The Morgan fingerprint density at radius 2 is 2.33 bits per heavy atom. The molecule has 1 aromatic rings. The summed E-state index contributed by atoms with van der Waals surface area (Å²) in [5.74, 6) is 0.718. The van der Waals surface area contributed by atoms with Crippen LogP contribution in [0.3, 0.4) is 0 Å². The highest BCUT2D eigenvalue weighted by Gasteiger charge is 2.20. The van der Waals surface area contributed by atoms with Gasteiger partial charge >= 0.3 is 12.0 Å². The molecule has 1 saturated heterocycles. The molecule has 82 valence electrons. The highest BCUT2D eigenvalue weighted by atomic mass is 16.4. The number of rotatable bonds is 1. The number of amides is 2. The molecule has 0 saturated carbocycles. The third-order valence-electron chi connectivity index (χ3n) is 2.72. The Balaban J connectivity index is 1.86. The molecular weight excluding hydrogens is 194 g/mol. The van der Waals surface area contributed by atoms with Gasteiger partial charge in [-0.05, 0) is 18.8 Å². The Labute approximate surface area is 88.5 Å². The molecule has 0 aromatic carbocycles. The zero-order valence-corrected chi connectivity index (χ0v) is 8.77. The summed E-state index contributed by atoms with van der Waals surface area (Å²) in [4.78, 5) is 17.3. The van der Waals surface area contributed by atoms with E-state index in [4.69, 9.17) is 4.42 Å². The van der Waals surface area contributed by atoms with Gasteiger partial charge in [0.05, 0.1) is 6.20 Å². The fourth-order valence-electron chi connectivity index (χ4n) is 1.67. The third kappa shape index (κ3) is 2.49. The van der Waals surface area contributed by atoms with Crippen molar-refractivity contribution in [2.75, 3.05) is 18.4 Å². The number of anilines is 1. The largest absolute Gasteiger partial charge is 0.432 e. The predicted octanol–water partition coefficient (Wildman–Crippen LogP) is 1.94. The van der Waals surface area contributed by atoms with Gasteiger partial charge in [0.15, 0.2) is 0 Å². The molecule has 0 spiro atoms. The normalized spacial score (nSPS) is 17.8. The van der Waals surface area contributed by atoms with E-state index in [0.29, 0.717) is 0 Å². The van der Waals surface area contributed by atoms with E-state index in [9.17, 15) is 4.79 Å². The molecule has 0 atom stereocenters. The van der Waals surface area contributed by atoms with Crippen molar-refractivity contribution in [2.45, 2.75) is 19.8 Å². The molecule has 1 aliphatic rings. The lowest BCUT2D eigenvalue weighted by molar-refractivity contribution is 0.186. The van der Waals surface area contributed by atoms with E-state index in [2.05, 4.69) is 17.2 Å². The number of nitrogens with one attached hydrogen (secondary N) is 1. The maximum atomic E-state index is 11.7. The van der Waals surface area contributed by atoms with Crippen molar-refractivity contribution < 1.29 is 9.21 Å². The monoisotopic (exact) mass is 209 g/mol. The van der Waals surface area contributed by atoms with Gasteiger partial charge in [-0.1, -0.05) is 6.92 Å². The third-order valence-corrected chi connectivity index (χ3v) is 2.72. The second-order valence-corrected chi connectivity index (χ2v) is 3.94. The summed E-state index contributed by atoms with van der Waals surface area (Å²) in [5, 5.41) is 2.62. The van der Waals surface area contributed by atoms with Crippen LogP contribution in [-0.4, -0.2) is 29.0 Å². The van der Waals surface area contributed by atoms with E-state index in [1.807, 2.05) is 0 Å². The van der Waals surface area contributed by atoms with Crippen LogP contribution in [0.15, 0.2) is 16.9 Å². The summed E-state index contributed by atoms with van der Waals surface area (Å²) in [6.45, 7) is 3.84. The first-order valence-electron chi connectivity index (χ1n) is 5.21. The number of urea groups is 1. The van der Waals surface area contributed by atoms with Crippen LogP contribution in [0.2, 0.25) is 0 Å². The Morgan fingerprint density at radius 3 is 2.93 bits per heavy atom. The van der Waals surface area contributed by atoms with Gasteiger partial charge in [-0.15, -0.1) is 0 Å². The summed E-state index contributed by atoms with van der Waals surface area (Å²) in [7, 11) is 0. The highest BCUT2D eigenvalue weighted by Crippen LogP contribution is 2.16. The van der Waals surface area contributed by atoms with Crippen LogP contribution in [-0.2, 0) is 0 Å². The van der Waals surface area contributed by atoms with Gasteiger partial charge in [0.2, 0.25) is 0 Å². The van der Waals surface area contributed by atoms with Gasteiger partial charge in [-0.25, -0.2) is 9.78 Å². The van der Waals surface area contributed by atoms with Crippen molar-refractivity contribution in [3.8, 4) is 0 Å². The number of hydrogen-bond donors (Lipinski definition) is 1. The van der Waals surface area contributed by atoms with Crippen molar-refractivity contribution in [2.24, 2.45) is 5.92 Å². The van der Waals surface area contributed by atoms with Gasteiger partial charge in [0.1, 0.15) is 6.26 Å². The lowest BCUT2D eigenvalue weighted by Gasteiger charge is -2.29. The molecule has 15 heavy (non-hydrogen) atoms. The Morgan fingerprint density at radius 1 is 1.60 bits per heavy atom. The van der Waals surface area contributed by atoms with E-state index < -0.39 is 0 Å². The minimum absolute atomic E-state index is 0.121. The minimum atomic E-state index is -0.121. The van der Waals surface area contributed by atoms with Gasteiger partial charge in [0, 0.05) is 13.1 Å². The van der Waals surface area contributed by atoms with E-state index in [1.165, 1.54) is 12.5 Å². The lowest BCUT2D eigenvalue weighted by atomic mass is 10.00. The molecule has 1 N–H and O–H groups in total. The van der Waals surface area contributed by atoms with E-state index in [-0.39, 0.29) is 12.0 Å². The predicted molar refractivity (Wildman–Crippen MR) is 55.5 cm³/mol. The number of likely N-dealkylation sites (tertiary alicyclic amines) is 1. The molecule has 2 amide bonds. The average molecular weight is 209 g/mol. The lowest BCUT2D eigenvalue weighted by Crippen LogP contribution is -2.40. The molecule has 5 heteroatoms. The first-order valence-corrected chi connectivity index (χ1v) is 5.21. The van der Waals surface area contributed by atoms with Crippen molar-refractivity contribution in [3.05, 3.63) is 12.5 Å². The summed E-state index contributed by atoms with van der Waals surface area (Å²) < 4.78 is 4.95. The molecule has 2 heterocycles. The van der Waals surface area contributed by atoms with Crippen LogP contribution in [0.25, 0.3) is 0 Å². The van der Waals surface area contributed by atoms with Crippen LogP contribution < -0.4 is 5.32 Å². The number of piperidine rings is 1. The highest BCUT2D eigenvalue weighted by molar-refractivity contribution is 5.87. The smallest absolute Gasteiger partial charge is 0.325 e. The molecule has 0 radical (unpaired) electrons. The van der Waals surface area contributed by atoms with Gasteiger partial charge in [-0.2, -0.15) is 0 Å².